The van der Waals surface area contributed by atoms with Gasteiger partial charge in [0.15, 0.2) is 5.67 Å². The quantitative estimate of drug-likeness (QED) is 0.124. The summed E-state index contributed by atoms with van der Waals surface area (Å²) in [5.41, 5.74) is 1.82. The van der Waals surface area contributed by atoms with Gasteiger partial charge in [-0.2, -0.15) is 8.78 Å². The number of halogens is 3. The number of nitrogens with zero attached hydrogens (tertiary/aromatic N) is 2. The average molecular weight is 620 g/mol. The summed E-state index contributed by atoms with van der Waals surface area (Å²) in [6.07, 6.45) is -2.72. The lowest BCUT2D eigenvalue weighted by Gasteiger charge is -2.27. The van der Waals surface area contributed by atoms with E-state index in [1.54, 1.807) is 47.9 Å². The van der Waals surface area contributed by atoms with Crippen molar-refractivity contribution in [1.29, 1.82) is 0 Å². The molecule has 0 saturated heterocycles. The van der Waals surface area contributed by atoms with Crippen LogP contribution >= 0.6 is 31.4 Å². The Labute approximate surface area is 248 Å². The predicted molar refractivity (Wildman–Crippen MR) is 165 cm³/mol. The number of carbonyl (C=O) groups excluding carboxylic acids is 1. The van der Waals surface area contributed by atoms with Gasteiger partial charge in [0.2, 0.25) is 0 Å². The Morgan fingerprint density at radius 2 is 1.85 bits per heavy atom. The third-order valence-electron chi connectivity index (χ3n) is 7.16. The lowest BCUT2D eigenvalue weighted by Crippen LogP contribution is -2.22. The molecule has 1 N–H and O–H groups in total. The van der Waals surface area contributed by atoms with Gasteiger partial charge in [0.05, 0.1) is 17.6 Å². The van der Waals surface area contributed by atoms with Gasteiger partial charge in [-0.25, -0.2) is 9.37 Å². The monoisotopic (exact) mass is 619 g/mol. The number of carbonyl (C=O) groups is 1. The molecule has 1 fully saturated rings. The number of nitrogens with one attached hydrogen (secondary N) is 1. The predicted octanol–water partition coefficient (Wildman–Crippen LogP) is 8.15. The van der Waals surface area contributed by atoms with Crippen LogP contribution in [-0.4, -0.2) is 27.3 Å². The van der Waals surface area contributed by atoms with Crippen LogP contribution in [0.2, 0.25) is 0 Å². The third kappa shape index (κ3) is 6.52. The Hall–Kier alpha value is -2.76. The summed E-state index contributed by atoms with van der Waals surface area (Å²) < 4.78 is 49.7. The number of aromatic nitrogens is 2. The second-order valence-corrected chi connectivity index (χ2v) is 17.4. The summed E-state index contributed by atoms with van der Waals surface area (Å²) in [7, 11) is -1.42. The van der Waals surface area contributed by atoms with Gasteiger partial charge in [0, 0.05) is 29.5 Å². The zero-order chi connectivity index (χ0) is 29.6. The normalized spacial score (nSPS) is 15.1. The Morgan fingerprint density at radius 1 is 1.15 bits per heavy atom. The summed E-state index contributed by atoms with van der Waals surface area (Å²) in [6.45, 7) is 4.84. The molecule has 1 aliphatic carbocycles. The number of hydrogen-bond acceptors (Lipinski definition) is 5. The van der Waals surface area contributed by atoms with E-state index in [1.807, 2.05) is 31.2 Å². The molecule has 0 unspecified atom stereocenters. The van der Waals surface area contributed by atoms with Crippen LogP contribution in [0, 0.1) is 6.92 Å². The van der Waals surface area contributed by atoms with Crippen molar-refractivity contribution in [3.05, 3.63) is 88.7 Å². The minimum atomic E-state index is -3.37. The molecule has 0 radical (unpaired) electrons. The SMILES string of the molecule is CCS(S)(S)c1ccc(CNC(=O)c2ccc3c(c2)nc(C2(F)CC2)n3Cc2cccc(C)c2OC(C)(F)F)cc1. The first-order valence-corrected chi connectivity index (χ1v) is 17.2. The summed E-state index contributed by atoms with van der Waals surface area (Å²) in [5.74, 6) is 0.837. The van der Waals surface area contributed by atoms with Crippen LogP contribution in [0.1, 0.15) is 59.6 Å². The number of amides is 1. The lowest BCUT2D eigenvalue weighted by atomic mass is 10.1. The van der Waals surface area contributed by atoms with Crippen LogP contribution in [0.25, 0.3) is 11.0 Å². The van der Waals surface area contributed by atoms with Crippen LogP contribution in [0.5, 0.6) is 5.75 Å². The van der Waals surface area contributed by atoms with Crippen molar-refractivity contribution in [2.45, 2.75) is 63.4 Å². The molecule has 0 aliphatic heterocycles. The molecular formula is C30H32F3N3O2S3. The van der Waals surface area contributed by atoms with E-state index in [-0.39, 0.29) is 24.0 Å². The number of thiol groups is 2. The number of fused-ring (bicyclic) bond motifs is 1. The van der Waals surface area contributed by atoms with Gasteiger partial charge in [-0.15, -0.1) is 31.4 Å². The summed E-state index contributed by atoms with van der Waals surface area (Å²) >= 11 is 9.33. The summed E-state index contributed by atoms with van der Waals surface area (Å²) in [6, 6.07) is 18.0. The Morgan fingerprint density at radius 3 is 2.49 bits per heavy atom. The molecule has 3 aromatic carbocycles. The molecule has 0 spiro atoms. The molecule has 218 valence electrons. The van der Waals surface area contributed by atoms with E-state index < -0.39 is 19.9 Å². The summed E-state index contributed by atoms with van der Waals surface area (Å²) in [5, 5.41) is 2.92. The number of para-hydroxylation sites is 1. The Bertz CT molecular complexity index is 1600. The number of ether oxygens (including phenoxy) is 1. The molecule has 1 saturated carbocycles. The molecular weight excluding hydrogens is 588 g/mol. The highest BCUT2D eigenvalue weighted by Gasteiger charge is 2.49. The van der Waals surface area contributed by atoms with Gasteiger partial charge in [-0.1, -0.05) is 37.3 Å². The van der Waals surface area contributed by atoms with E-state index in [0.29, 0.717) is 54.0 Å². The Kier molecular flexibility index (Phi) is 8.08. The molecule has 5 nitrogen and oxygen atoms in total. The zero-order valence-electron chi connectivity index (χ0n) is 23.0. The second kappa shape index (κ2) is 11.1. The van der Waals surface area contributed by atoms with Crippen LogP contribution in [0.3, 0.4) is 0 Å². The van der Waals surface area contributed by atoms with Gasteiger partial charge in [-0.3, -0.25) is 4.79 Å². The van der Waals surface area contributed by atoms with E-state index in [2.05, 4.69) is 33.6 Å². The van der Waals surface area contributed by atoms with Crippen molar-refractivity contribution in [2.24, 2.45) is 0 Å². The van der Waals surface area contributed by atoms with Crippen molar-refractivity contribution < 1.29 is 22.7 Å². The van der Waals surface area contributed by atoms with Gasteiger partial charge >= 0.3 is 6.11 Å². The van der Waals surface area contributed by atoms with Crippen LogP contribution in [0.4, 0.5) is 13.2 Å². The molecule has 1 amide bonds. The first kappa shape index (κ1) is 29.7. The highest BCUT2D eigenvalue weighted by atomic mass is 33.5. The first-order valence-electron chi connectivity index (χ1n) is 13.3. The maximum Gasteiger partial charge on any atom is 0.394 e. The molecule has 4 aromatic rings. The largest absolute Gasteiger partial charge is 0.432 e. The fraction of sp³-hybridized carbons (Fsp3) is 0.333. The van der Waals surface area contributed by atoms with Crippen molar-refractivity contribution in [3.63, 3.8) is 0 Å². The van der Waals surface area contributed by atoms with E-state index >= 15 is 4.39 Å². The topological polar surface area (TPSA) is 56.2 Å². The molecule has 1 aromatic heterocycles. The molecule has 5 rings (SSSR count). The van der Waals surface area contributed by atoms with E-state index in [4.69, 9.17) is 4.74 Å². The fourth-order valence-electron chi connectivity index (χ4n) is 4.72. The number of aryl methyl sites for hydroxylation is 1. The van der Waals surface area contributed by atoms with Crippen LogP contribution in [-0.2, 0) is 18.8 Å². The second-order valence-electron chi connectivity index (χ2n) is 10.4. The molecule has 0 bridgehead atoms. The standard InChI is InChI=1S/C30H32F3N3O2S3/c1-4-41(39,40)23-11-8-20(9-12-23)17-34-27(37)21-10-13-25-24(16-21)35-28(30(33)14-15-30)36(25)18-22-7-5-6-19(2)26(22)38-29(3,31)32/h5-13,16,39-40H,4,14-15,17-18H2,1-3H3,(H,34,37). The van der Waals surface area contributed by atoms with Gasteiger partial charge < -0.3 is 14.6 Å². The highest BCUT2D eigenvalue weighted by molar-refractivity contribution is 9.17. The van der Waals surface area contributed by atoms with E-state index in [9.17, 15) is 13.6 Å². The number of rotatable bonds is 10. The summed E-state index contributed by atoms with van der Waals surface area (Å²) in [4.78, 5) is 18.7. The molecule has 41 heavy (non-hydrogen) atoms. The number of imidazole rings is 1. The van der Waals surface area contributed by atoms with Crippen molar-refractivity contribution >= 4 is 48.4 Å². The molecule has 0 atom stereocenters. The van der Waals surface area contributed by atoms with Gasteiger partial charge in [0.25, 0.3) is 5.91 Å². The smallest absolute Gasteiger partial charge is 0.394 e. The highest BCUT2D eigenvalue weighted by Crippen LogP contribution is 2.63. The molecule has 1 aliphatic rings. The van der Waals surface area contributed by atoms with Gasteiger partial charge in [0.1, 0.15) is 11.6 Å². The molecule has 1 heterocycles. The van der Waals surface area contributed by atoms with Crippen LogP contribution < -0.4 is 10.1 Å². The maximum absolute atomic E-state index is 15.5. The zero-order valence-corrected chi connectivity index (χ0v) is 25.6. The number of hydrogen-bond donors (Lipinski definition) is 3. The van der Waals surface area contributed by atoms with Crippen molar-refractivity contribution in [1.82, 2.24) is 14.9 Å². The average Bonchev–Trinajstić information content (AvgIpc) is 3.57. The minimum absolute atomic E-state index is 0.0612. The van der Waals surface area contributed by atoms with E-state index in [1.165, 1.54) is 0 Å². The Balaban J connectivity index is 1.40. The van der Waals surface area contributed by atoms with E-state index in [0.717, 1.165) is 16.2 Å². The van der Waals surface area contributed by atoms with Crippen molar-refractivity contribution in [2.75, 3.05) is 5.75 Å². The number of alkyl halides is 3. The van der Waals surface area contributed by atoms with Gasteiger partial charge in [-0.05, 0) is 67.0 Å². The third-order valence-corrected chi connectivity index (χ3v) is 11.8. The fourth-order valence-corrected chi connectivity index (χ4v) is 6.35. The van der Waals surface area contributed by atoms with Crippen LogP contribution in [0.15, 0.2) is 65.6 Å². The lowest BCUT2D eigenvalue weighted by molar-refractivity contribution is -0.159. The minimum Gasteiger partial charge on any atom is -0.432 e. The molecule has 11 heteroatoms. The maximum atomic E-state index is 15.5. The number of benzene rings is 3. The first-order chi connectivity index (χ1) is 19.3. The van der Waals surface area contributed by atoms with Crippen molar-refractivity contribution in [3.8, 4) is 5.75 Å².